The van der Waals surface area contributed by atoms with Crippen molar-refractivity contribution in [3.8, 4) is 11.4 Å². The summed E-state index contributed by atoms with van der Waals surface area (Å²) in [7, 11) is 0. The molecule has 1 heterocycles. The molecule has 0 atom stereocenters. The number of para-hydroxylation sites is 2. The number of anilines is 7. The Bertz CT molecular complexity index is 2320. The molecule has 0 bridgehead atoms. The molecule has 0 aliphatic heterocycles. The van der Waals surface area contributed by atoms with Crippen molar-refractivity contribution in [2.24, 2.45) is 0 Å². The van der Waals surface area contributed by atoms with Crippen molar-refractivity contribution in [3.63, 3.8) is 0 Å². The lowest BCUT2D eigenvalue weighted by Gasteiger charge is -2.26. The van der Waals surface area contributed by atoms with Crippen LogP contribution < -0.4 is 27.0 Å². The molecule has 0 radical (unpaired) electrons. The summed E-state index contributed by atoms with van der Waals surface area (Å²) in [5.41, 5.74) is 11.7. The van der Waals surface area contributed by atoms with E-state index in [1.807, 2.05) is 60.7 Å². The molecule has 7 nitrogen and oxygen atoms in total. The van der Waals surface area contributed by atoms with Crippen LogP contribution in [0.3, 0.4) is 0 Å². The Morgan fingerprint density at radius 2 is 0.827 bits per heavy atom. The lowest BCUT2D eigenvalue weighted by atomic mass is 10.0. The topological polar surface area (TPSA) is 75.1 Å². The van der Waals surface area contributed by atoms with Gasteiger partial charge in [0.15, 0.2) is 0 Å². The first-order valence-corrected chi connectivity index (χ1v) is 18.0. The molecule has 6 aromatic carbocycles. The van der Waals surface area contributed by atoms with Crippen molar-refractivity contribution < 1.29 is 0 Å². The highest BCUT2D eigenvalue weighted by molar-refractivity contribution is 5.80. The second-order valence-corrected chi connectivity index (χ2v) is 14.2. The normalized spacial score (nSPS) is 11.5. The smallest absolute Gasteiger partial charge is 0.338 e. The van der Waals surface area contributed by atoms with Gasteiger partial charge in [-0.3, -0.25) is 9.13 Å². The van der Waals surface area contributed by atoms with Crippen LogP contribution in [-0.4, -0.2) is 14.7 Å². The number of hydrogen-bond donors (Lipinski definition) is 4. The van der Waals surface area contributed by atoms with Gasteiger partial charge in [-0.15, -0.1) is 0 Å². The highest BCUT2D eigenvalue weighted by Gasteiger charge is 2.16. The first kappa shape index (κ1) is 34.2. The fourth-order valence-electron chi connectivity index (χ4n) is 6.24. The van der Waals surface area contributed by atoms with Crippen molar-refractivity contribution in [2.45, 2.75) is 52.5 Å². The van der Waals surface area contributed by atoms with Crippen molar-refractivity contribution >= 4 is 50.8 Å². The molecule has 0 saturated carbocycles. The van der Waals surface area contributed by atoms with Gasteiger partial charge < -0.3 is 21.3 Å². The zero-order valence-corrected chi connectivity index (χ0v) is 30.4. The van der Waals surface area contributed by atoms with Crippen LogP contribution in [0, 0.1) is 0 Å². The average Bonchev–Trinajstić information content (AvgIpc) is 3.45. The highest BCUT2D eigenvalue weighted by atomic mass is 16.1. The second-order valence-electron chi connectivity index (χ2n) is 14.2. The van der Waals surface area contributed by atoms with Crippen molar-refractivity contribution in [1.82, 2.24) is 9.13 Å². The maximum Gasteiger partial charge on any atom is 0.338 e. The quantitative estimate of drug-likeness (QED) is 0.103. The third-order valence-electron chi connectivity index (χ3n) is 9.58. The number of fused-ring (bicyclic) bond motifs is 1. The minimum Gasteiger partial charge on any atom is -0.380 e. The molecule has 0 amide bonds. The first-order chi connectivity index (χ1) is 25.2. The predicted octanol–water partition coefficient (Wildman–Crippen LogP) is 11.7. The van der Waals surface area contributed by atoms with Crippen LogP contribution >= 0.6 is 0 Å². The van der Waals surface area contributed by atoms with Crippen LogP contribution in [-0.2, 0) is 0 Å². The Kier molecular flexibility index (Phi) is 9.59. The Labute approximate surface area is 306 Å². The molecule has 7 rings (SSSR count). The van der Waals surface area contributed by atoms with Gasteiger partial charge in [0, 0.05) is 45.4 Å². The second kappa shape index (κ2) is 14.6. The molecule has 0 spiro atoms. The summed E-state index contributed by atoms with van der Waals surface area (Å²) in [5, 5.41) is 14.0. The third kappa shape index (κ3) is 7.59. The number of imidazole rings is 1. The molecule has 0 saturated heterocycles. The summed E-state index contributed by atoms with van der Waals surface area (Å²) in [5.74, 6) is 0.428. The van der Waals surface area contributed by atoms with Crippen molar-refractivity contribution in [3.05, 3.63) is 162 Å². The highest BCUT2D eigenvalue weighted by Crippen LogP contribution is 2.27. The van der Waals surface area contributed by atoms with E-state index in [0.717, 1.165) is 68.6 Å². The van der Waals surface area contributed by atoms with Crippen molar-refractivity contribution in [1.29, 1.82) is 0 Å². The van der Waals surface area contributed by atoms with Gasteiger partial charge in [0.05, 0.1) is 22.4 Å². The average molecular weight is 687 g/mol. The maximum atomic E-state index is 13.9. The predicted molar refractivity (Wildman–Crippen MR) is 220 cm³/mol. The molecule has 0 aliphatic carbocycles. The largest absolute Gasteiger partial charge is 0.380 e. The van der Waals surface area contributed by atoms with Crippen LogP contribution in [0.15, 0.2) is 150 Å². The van der Waals surface area contributed by atoms with E-state index in [4.69, 9.17) is 0 Å². The van der Waals surface area contributed by atoms with E-state index in [1.165, 1.54) is 5.56 Å². The molecule has 262 valence electrons. The third-order valence-corrected chi connectivity index (χ3v) is 9.58. The number of nitrogens with one attached hydrogen (secondary N) is 4. The molecule has 0 fully saturated rings. The SMILES string of the molecule is CCC(C)(C)Nc1ccc(Nc2ccc(Nc3ccc(Nc4ccc(-n5c(=O)n(-c6ccc(C(C)C)cc6)c6ccccc65)cc4)cc3)cc2)cc1. The van der Waals surface area contributed by atoms with Crippen LogP contribution in [0.5, 0.6) is 0 Å². The fraction of sp³-hybridized carbons (Fsp3) is 0.178. The standard InChI is InChI=1S/C45H46N6O/c1-6-45(4,5)49-39-23-21-37(22-24-39)47-35-15-13-33(14-16-35)46-34-17-19-36(20-18-34)48-38-25-29-41(30-26-38)51-43-10-8-7-9-42(43)50(44(51)52)40-27-11-32(12-28-40)31(2)3/h7-31,46-49H,6H2,1-5H3. The van der Waals surface area contributed by atoms with Gasteiger partial charge in [-0.2, -0.15) is 0 Å². The Hall–Kier alpha value is -6.21. The summed E-state index contributed by atoms with van der Waals surface area (Å²) < 4.78 is 3.57. The van der Waals surface area contributed by atoms with E-state index < -0.39 is 0 Å². The summed E-state index contributed by atoms with van der Waals surface area (Å²) in [6.45, 7) is 11.0. The minimum atomic E-state index is -0.0947. The monoisotopic (exact) mass is 686 g/mol. The molecule has 0 aliphatic rings. The van der Waals surface area contributed by atoms with E-state index in [9.17, 15) is 4.79 Å². The number of benzene rings is 6. The minimum absolute atomic E-state index is 0.0673. The van der Waals surface area contributed by atoms with E-state index in [-0.39, 0.29) is 11.2 Å². The van der Waals surface area contributed by atoms with E-state index in [1.54, 1.807) is 9.13 Å². The molecular formula is C45H46N6O. The zero-order valence-electron chi connectivity index (χ0n) is 30.4. The Balaban J connectivity index is 0.987. The van der Waals surface area contributed by atoms with E-state index in [0.29, 0.717) is 5.92 Å². The van der Waals surface area contributed by atoms with Crippen LogP contribution in [0.4, 0.5) is 39.8 Å². The Morgan fingerprint density at radius 3 is 1.17 bits per heavy atom. The van der Waals surface area contributed by atoms with Crippen molar-refractivity contribution in [2.75, 3.05) is 21.3 Å². The van der Waals surface area contributed by atoms with Crippen LogP contribution in [0.2, 0.25) is 0 Å². The van der Waals surface area contributed by atoms with Gasteiger partial charge in [0.25, 0.3) is 0 Å². The van der Waals surface area contributed by atoms with Crippen LogP contribution in [0.1, 0.15) is 52.5 Å². The summed E-state index contributed by atoms with van der Waals surface area (Å²) >= 11 is 0. The molecule has 7 heteroatoms. The number of hydrogen-bond acceptors (Lipinski definition) is 5. The molecule has 1 aromatic heterocycles. The van der Waals surface area contributed by atoms with Crippen LogP contribution in [0.25, 0.3) is 22.4 Å². The fourth-order valence-corrected chi connectivity index (χ4v) is 6.24. The van der Waals surface area contributed by atoms with Gasteiger partial charge in [-0.1, -0.05) is 45.0 Å². The van der Waals surface area contributed by atoms with Gasteiger partial charge in [-0.05, 0) is 153 Å². The Morgan fingerprint density at radius 1 is 0.500 bits per heavy atom. The molecular weight excluding hydrogens is 641 g/mol. The molecule has 4 N–H and O–H groups in total. The van der Waals surface area contributed by atoms with Gasteiger partial charge in [0.2, 0.25) is 0 Å². The van der Waals surface area contributed by atoms with E-state index in [2.05, 4.69) is 141 Å². The number of aromatic nitrogens is 2. The van der Waals surface area contributed by atoms with E-state index >= 15 is 0 Å². The lowest BCUT2D eigenvalue weighted by molar-refractivity contribution is 0.547. The molecule has 0 unspecified atom stereocenters. The lowest BCUT2D eigenvalue weighted by Crippen LogP contribution is -2.29. The molecule has 52 heavy (non-hydrogen) atoms. The maximum absolute atomic E-state index is 13.9. The number of rotatable bonds is 12. The zero-order chi connectivity index (χ0) is 36.2. The summed E-state index contributed by atoms with van der Waals surface area (Å²) in [6, 6.07) is 49.1. The van der Waals surface area contributed by atoms with Gasteiger partial charge in [-0.25, -0.2) is 4.79 Å². The number of nitrogens with zero attached hydrogens (tertiary/aromatic N) is 2. The van der Waals surface area contributed by atoms with Gasteiger partial charge in [0.1, 0.15) is 0 Å². The molecule has 7 aromatic rings. The summed E-state index contributed by atoms with van der Waals surface area (Å²) in [4.78, 5) is 13.9. The van der Waals surface area contributed by atoms with Gasteiger partial charge >= 0.3 is 5.69 Å². The summed E-state index contributed by atoms with van der Waals surface area (Å²) in [6.07, 6.45) is 1.05. The first-order valence-electron chi connectivity index (χ1n) is 18.0.